The van der Waals surface area contributed by atoms with E-state index in [1.165, 1.54) is 71.6 Å². The van der Waals surface area contributed by atoms with Gasteiger partial charge in [-0.25, -0.2) is 9.97 Å². The van der Waals surface area contributed by atoms with Gasteiger partial charge in [0, 0.05) is 50.8 Å². The number of aromatic nitrogens is 2. The summed E-state index contributed by atoms with van der Waals surface area (Å²) in [7, 11) is 0. The van der Waals surface area contributed by atoms with Gasteiger partial charge in [-0.3, -0.25) is 0 Å². The molecule has 2 aliphatic rings. The van der Waals surface area contributed by atoms with Crippen LogP contribution in [0.1, 0.15) is 105 Å². The summed E-state index contributed by atoms with van der Waals surface area (Å²) >= 11 is 0. The van der Waals surface area contributed by atoms with E-state index in [4.69, 9.17) is 9.97 Å². The first-order valence-corrected chi connectivity index (χ1v) is 26.8. The smallest absolute Gasteiger partial charge is 0.253 e. The lowest BCUT2D eigenvalue weighted by Gasteiger charge is -2.45. The van der Waals surface area contributed by atoms with Gasteiger partial charge >= 0.3 is 0 Å². The Morgan fingerprint density at radius 2 is 0.693 bits per heavy atom. The van der Waals surface area contributed by atoms with Crippen LogP contribution in [0.25, 0.3) is 55.4 Å². The molecule has 12 rings (SSSR count). The summed E-state index contributed by atoms with van der Waals surface area (Å²) in [6.45, 7) is 28.0. The van der Waals surface area contributed by atoms with Crippen molar-refractivity contribution < 1.29 is 0 Å². The maximum atomic E-state index is 5.56. The molecule has 4 nitrogen and oxygen atoms in total. The zero-order valence-electron chi connectivity index (χ0n) is 45.8. The van der Waals surface area contributed by atoms with Crippen molar-refractivity contribution in [2.75, 3.05) is 9.80 Å². The average Bonchev–Trinajstić information content (AvgIpc) is 3.39. The van der Waals surface area contributed by atoms with Crippen LogP contribution in [-0.4, -0.2) is 16.7 Å². The first-order chi connectivity index (χ1) is 35.7. The first-order valence-electron chi connectivity index (χ1n) is 26.8. The maximum Gasteiger partial charge on any atom is 0.253 e. The summed E-state index contributed by atoms with van der Waals surface area (Å²) in [5, 5.41) is 5.00. The number of hydrogen-bond donors (Lipinski definition) is 0. The zero-order chi connectivity index (χ0) is 52.3. The molecule has 1 aromatic heterocycles. The van der Waals surface area contributed by atoms with Crippen molar-refractivity contribution in [1.29, 1.82) is 0 Å². The van der Waals surface area contributed by atoms with E-state index in [2.05, 4.69) is 281 Å². The van der Waals surface area contributed by atoms with Crippen LogP contribution >= 0.6 is 0 Å². The molecule has 3 heterocycles. The molecule has 75 heavy (non-hydrogen) atoms. The van der Waals surface area contributed by atoms with Crippen LogP contribution in [0.4, 0.5) is 34.1 Å². The second kappa shape index (κ2) is 17.4. The van der Waals surface area contributed by atoms with E-state index in [1.807, 2.05) is 0 Å². The Kier molecular flexibility index (Phi) is 11.2. The van der Waals surface area contributed by atoms with E-state index in [1.54, 1.807) is 0 Å². The first kappa shape index (κ1) is 48.2. The second-order valence-corrected chi connectivity index (χ2v) is 25.2. The van der Waals surface area contributed by atoms with Crippen LogP contribution in [-0.2, 0) is 21.7 Å². The fourth-order valence-corrected chi connectivity index (χ4v) is 11.5. The van der Waals surface area contributed by atoms with Gasteiger partial charge in [-0.1, -0.05) is 217 Å². The quantitative estimate of drug-likeness (QED) is 0.161. The highest BCUT2D eigenvalue weighted by molar-refractivity contribution is 7.03. The lowest BCUT2D eigenvalue weighted by Crippen LogP contribution is -2.61. The third-order valence-corrected chi connectivity index (χ3v) is 15.8. The highest BCUT2D eigenvalue weighted by atomic mass is 15.2. The minimum absolute atomic E-state index is 0.109. The number of rotatable bonds is 5. The minimum atomic E-state index is -0.121. The topological polar surface area (TPSA) is 32.3 Å². The molecule has 0 fully saturated rings. The summed E-state index contributed by atoms with van der Waals surface area (Å²) in [5.74, 6) is 0.693. The molecule has 0 saturated carbocycles. The van der Waals surface area contributed by atoms with Gasteiger partial charge < -0.3 is 9.80 Å². The molecule has 0 bridgehead atoms. The van der Waals surface area contributed by atoms with Crippen molar-refractivity contribution in [3.63, 3.8) is 0 Å². The van der Waals surface area contributed by atoms with Gasteiger partial charge in [0.1, 0.15) is 0 Å². The third kappa shape index (κ3) is 8.42. The van der Waals surface area contributed by atoms with Crippen molar-refractivity contribution in [3.8, 4) is 33.9 Å². The number of fused-ring (bicyclic) bond motifs is 8. The Morgan fingerprint density at radius 3 is 1.11 bits per heavy atom. The van der Waals surface area contributed by atoms with E-state index in [-0.39, 0.29) is 28.4 Å². The van der Waals surface area contributed by atoms with Gasteiger partial charge in [-0.05, 0) is 136 Å². The van der Waals surface area contributed by atoms with Crippen molar-refractivity contribution in [2.45, 2.75) is 105 Å². The highest BCUT2D eigenvalue weighted by Gasteiger charge is 2.46. The van der Waals surface area contributed by atoms with Gasteiger partial charge in [-0.15, -0.1) is 0 Å². The Balaban J connectivity index is 1.28. The summed E-state index contributed by atoms with van der Waals surface area (Å²) in [6.07, 6.45) is 0. The lowest BCUT2D eigenvalue weighted by molar-refractivity contribution is 0.568. The predicted molar refractivity (Wildman–Crippen MR) is 322 cm³/mol. The molecule has 0 saturated heterocycles. The van der Waals surface area contributed by atoms with E-state index in [0.29, 0.717) is 5.82 Å². The Bertz CT molecular complexity index is 3570. The summed E-state index contributed by atoms with van der Waals surface area (Å²) in [5.41, 5.74) is 20.5. The molecule has 0 atom stereocenters. The van der Waals surface area contributed by atoms with Gasteiger partial charge in [0.05, 0.1) is 11.4 Å². The van der Waals surface area contributed by atoms with Crippen LogP contribution in [0.15, 0.2) is 188 Å². The Hall–Kier alpha value is -7.76. The van der Waals surface area contributed by atoms with Gasteiger partial charge in [0.25, 0.3) is 6.71 Å². The zero-order valence-corrected chi connectivity index (χ0v) is 45.8. The van der Waals surface area contributed by atoms with Crippen molar-refractivity contribution in [3.05, 3.63) is 210 Å². The number of anilines is 6. The largest absolute Gasteiger partial charge is 0.311 e. The van der Waals surface area contributed by atoms with Crippen molar-refractivity contribution in [2.24, 2.45) is 0 Å². The van der Waals surface area contributed by atoms with E-state index < -0.39 is 0 Å². The molecule has 0 spiro atoms. The predicted octanol–water partition coefficient (Wildman–Crippen LogP) is 17.1. The molecule has 0 unspecified atom stereocenters. The maximum absolute atomic E-state index is 5.56. The molecule has 10 aromatic rings. The molecule has 5 heteroatoms. The van der Waals surface area contributed by atoms with Gasteiger partial charge in [0.15, 0.2) is 5.82 Å². The van der Waals surface area contributed by atoms with E-state index >= 15 is 0 Å². The summed E-state index contributed by atoms with van der Waals surface area (Å²) in [4.78, 5) is 16.1. The van der Waals surface area contributed by atoms with Crippen molar-refractivity contribution in [1.82, 2.24) is 9.97 Å². The molecule has 0 aliphatic carbocycles. The molecule has 9 aromatic carbocycles. The standard InChI is InChI=1S/C70H67BN4/c1-67(2,3)49-37-50(68(4,5)6)40-53(39-49)74-59-33-31-44-23-19-21-29-55(44)63(59)71-64-56-30-22-20-24-45(56)32-34-60(64)75(54-41-51(69(7,8)9)38-52(42-54)70(10,11)12)62-36-48(35-61(74)65(62)71)58-43-57(46-25-15-13-16-26-46)72-66(73-58)47-27-17-14-18-28-47/h13-43H,1-12H3. The number of benzene rings is 9. The lowest BCUT2D eigenvalue weighted by atomic mass is 9.32. The summed E-state index contributed by atoms with van der Waals surface area (Å²) < 4.78 is 0. The molecular formula is C70H67BN4. The number of nitrogens with zero attached hydrogens (tertiary/aromatic N) is 4. The van der Waals surface area contributed by atoms with Crippen LogP contribution in [0.3, 0.4) is 0 Å². The average molecular weight is 975 g/mol. The number of hydrogen-bond acceptors (Lipinski definition) is 4. The van der Waals surface area contributed by atoms with E-state index in [9.17, 15) is 0 Å². The molecule has 0 N–H and O–H groups in total. The van der Waals surface area contributed by atoms with Crippen LogP contribution in [0.5, 0.6) is 0 Å². The second-order valence-electron chi connectivity index (χ2n) is 25.2. The Labute approximate surface area is 445 Å². The highest BCUT2D eigenvalue weighted by Crippen LogP contribution is 2.50. The monoisotopic (exact) mass is 975 g/mol. The fraction of sp³-hybridized carbons (Fsp3) is 0.229. The molecule has 370 valence electrons. The fourth-order valence-electron chi connectivity index (χ4n) is 11.5. The molecular weight excluding hydrogens is 908 g/mol. The SMILES string of the molecule is CC(C)(C)c1cc(N2c3cc(-c4cc(-c5ccccc5)nc(-c5ccccc5)n4)cc4c3B(c3c2ccc2ccccc32)c2c(ccc3ccccc23)N4c2cc(C(C)(C)C)cc(C(C)(C)C)c2)cc(C(C)(C)C)c1. The normalized spacial score (nSPS) is 13.5. The van der Waals surface area contributed by atoms with Crippen LogP contribution in [0.2, 0.25) is 0 Å². The van der Waals surface area contributed by atoms with Gasteiger partial charge in [-0.2, -0.15) is 0 Å². The summed E-state index contributed by atoms with van der Waals surface area (Å²) in [6, 6.07) is 70.4. The molecule has 0 radical (unpaired) electrons. The van der Waals surface area contributed by atoms with E-state index in [0.717, 1.165) is 50.8 Å². The van der Waals surface area contributed by atoms with Crippen LogP contribution in [0, 0.1) is 0 Å². The molecule has 0 amide bonds. The van der Waals surface area contributed by atoms with Gasteiger partial charge in [0.2, 0.25) is 0 Å². The van der Waals surface area contributed by atoms with Crippen LogP contribution < -0.4 is 26.2 Å². The third-order valence-electron chi connectivity index (χ3n) is 15.8. The molecule has 2 aliphatic heterocycles. The minimum Gasteiger partial charge on any atom is -0.311 e. The Morgan fingerprint density at radius 1 is 0.320 bits per heavy atom. The van der Waals surface area contributed by atoms with Crippen molar-refractivity contribution >= 4 is 78.8 Å².